The molecule has 2 atom stereocenters. The van der Waals surface area contributed by atoms with E-state index in [1.807, 2.05) is 9.80 Å². The quantitative estimate of drug-likeness (QED) is 0.663. The van der Waals surface area contributed by atoms with Crippen LogP contribution in [0.1, 0.15) is 12.8 Å². The highest BCUT2D eigenvalue weighted by molar-refractivity contribution is 6.01. The molecule has 2 unspecified atom stereocenters. The van der Waals surface area contributed by atoms with Gasteiger partial charge in [0.25, 0.3) is 5.91 Å². The monoisotopic (exact) mass is 470 g/mol. The minimum atomic E-state index is -4.74. The Balaban J connectivity index is 1.37. The number of morpholine rings is 1. The number of carbonyl (C=O) groups excluding carboxylic acids is 2. The number of rotatable bonds is 6. The van der Waals surface area contributed by atoms with Gasteiger partial charge in [0.2, 0.25) is 5.91 Å². The second-order valence-electron chi connectivity index (χ2n) is 8.42. The SMILES string of the molecule is O=C1CN(C(=O)CC(CO)N2CCOC3(CCN(c4ccc(OC(F)(F)F)cc4)C3)C2)C=N1. The lowest BCUT2D eigenvalue weighted by molar-refractivity contribution is -0.274. The first-order valence-corrected chi connectivity index (χ1v) is 10.6. The van der Waals surface area contributed by atoms with Crippen LogP contribution < -0.4 is 9.64 Å². The smallest absolute Gasteiger partial charge is 0.406 e. The maximum Gasteiger partial charge on any atom is 0.573 e. The van der Waals surface area contributed by atoms with Crippen molar-refractivity contribution in [2.45, 2.75) is 30.8 Å². The summed E-state index contributed by atoms with van der Waals surface area (Å²) in [6.45, 7) is 2.38. The Morgan fingerprint density at radius 2 is 2.00 bits per heavy atom. The topological polar surface area (TPSA) is 94.9 Å². The summed E-state index contributed by atoms with van der Waals surface area (Å²) < 4.78 is 47.2. The van der Waals surface area contributed by atoms with Crippen molar-refractivity contribution in [3.8, 4) is 5.75 Å². The summed E-state index contributed by atoms with van der Waals surface area (Å²) in [6.07, 6.45) is -2.76. The molecule has 12 heteroatoms. The second kappa shape index (κ2) is 9.27. The lowest BCUT2D eigenvalue weighted by Gasteiger charge is -2.43. The average Bonchev–Trinajstić information content (AvgIpc) is 3.38. The number of amides is 2. The van der Waals surface area contributed by atoms with E-state index in [9.17, 15) is 27.9 Å². The molecular formula is C21H25F3N4O5. The predicted octanol–water partition coefficient (Wildman–Crippen LogP) is 1.01. The molecule has 1 N–H and O–H groups in total. The summed E-state index contributed by atoms with van der Waals surface area (Å²) in [6, 6.07) is 5.29. The number of aliphatic hydroxyl groups excluding tert-OH is 1. The fourth-order valence-corrected chi connectivity index (χ4v) is 4.50. The molecule has 4 rings (SSSR count). The molecule has 33 heavy (non-hydrogen) atoms. The molecule has 3 aliphatic heterocycles. The van der Waals surface area contributed by atoms with Gasteiger partial charge >= 0.3 is 6.36 Å². The molecule has 2 amide bonds. The number of carbonyl (C=O) groups is 2. The van der Waals surface area contributed by atoms with Crippen molar-refractivity contribution in [2.75, 3.05) is 50.8 Å². The van der Waals surface area contributed by atoms with Crippen LogP contribution in [0, 0.1) is 0 Å². The molecule has 3 aliphatic rings. The number of nitrogens with zero attached hydrogens (tertiary/aromatic N) is 4. The Labute approximate surface area is 188 Å². The van der Waals surface area contributed by atoms with Gasteiger partial charge in [0.05, 0.1) is 18.8 Å². The Bertz CT molecular complexity index is 910. The summed E-state index contributed by atoms with van der Waals surface area (Å²) in [5.41, 5.74) is 0.245. The fourth-order valence-electron chi connectivity index (χ4n) is 4.50. The zero-order valence-electron chi connectivity index (χ0n) is 17.8. The zero-order chi connectivity index (χ0) is 23.6. The first kappa shape index (κ1) is 23.5. The molecule has 2 saturated heterocycles. The molecule has 9 nitrogen and oxygen atoms in total. The van der Waals surface area contributed by atoms with Crippen molar-refractivity contribution < 1.29 is 37.3 Å². The molecule has 0 aliphatic carbocycles. The number of aliphatic imine (C=N–C) groups is 1. The van der Waals surface area contributed by atoms with Gasteiger partial charge < -0.3 is 19.5 Å². The Kier molecular flexibility index (Phi) is 6.59. The molecule has 0 radical (unpaired) electrons. The Morgan fingerprint density at radius 1 is 1.24 bits per heavy atom. The van der Waals surface area contributed by atoms with Crippen LogP contribution in [-0.4, -0.2) is 97.0 Å². The van der Waals surface area contributed by atoms with Crippen LogP contribution in [-0.2, 0) is 14.3 Å². The highest BCUT2D eigenvalue weighted by Gasteiger charge is 2.44. The highest BCUT2D eigenvalue weighted by atomic mass is 19.4. The minimum absolute atomic E-state index is 0.0518. The van der Waals surface area contributed by atoms with E-state index in [-0.39, 0.29) is 37.1 Å². The van der Waals surface area contributed by atoms with E-state index in [1.165, 1.54) is 23.4 Å². The van der Waals surface area contributed by atoms with E-state index in [0.717, 1.165) is 5.69 Å². The van der Waals surface area contributed by atoms with Gasteiger partial charge in [-0.3, -0.25) is 19.4 Å². The molecule has 180 valence electrons. The maximum atomic E-state index is 12.5. The van der Waals surface area contributed by atoms with Crippen molar-refractivity contribution in [1.29, 1.82) is 0 Å². The average molecular weight is 470 g/mol. The van der Waals surface area contributed by atoms with Crippen LogP contribution >= 0.6 is 0 Å². The number of ether oxygens (including phenoxy) is 2. The second-order valence-corrected chi connectivity index (χ2v) is 8.42. The van der Waals surface area contributed by atoms with Crippen LogP contribution in [0.25, 0.3) is 0 Å². The van der Waals surface area contributed by atoms with E-state index in [2.05, 4.69) is 9.73 Å². The minimum Gasteiger partial charge on any atom is -0.406 e. The predicted molar refractivity (Wildman–Crippen MR) is 111 cm³/mol. The molecule has 0 saturated carbocycles. The van der Waals surface area contributed by atoms with Gasteiger partial charge in [-0.2, -0.15) is 0 Å². The van der Waals surface area contributed by atoms with E-state index < -0.39 is 18.0 Å². The zero-order valence-corrected chi connectivity index (χ0v) is 17.8. The van der Waals surface area contributed by atoms with Gasteiger partial charge in [0.1, 0.15) is 18.6 Å². The van der Waals surface area contributed by atoms with Crippen LogP contribution in [0.2, 0.25) is 0 Å². The molecule has 1 aromatic carbocycles. The number of hydrogen-bond donors (Lipinski definition) is 1. The third-order valence-corrected chi connectivity index (χ3v) is 6.13. The number of alkyl halides is 3. The summed E-state index contributed by atoms with van der Waals surface area (Å²) in [5.74, 6) is -0.933. The van der Waals surface area contributed by atoms with Gasteiger partial charge in [-0.25, -0.2) is 4.99 Å². The maximum absolute atomic E-state index is 12.5. The van der Waals surface area contributed by atoms with Crippen molar-refractivity contribution in [1.82, 2.24) is 9.80 Å². The van der Waals surface area contributed by atoms with E-state index in [0.29, 0.717) is 39.2 Å². The van der Waals surface area contributed by atoms with E-state index >= 15 is 0 Å². The van der Waals surface area contributed by atoms with Gasteiger partial charge in [-0.05, 0) is 30.7 Å². The third kappa shape index (κ3) is 5.63. The lowest BCUT2D eigenvalue weighted by atomic mass is 9.98. The fraction of sp³-hybridized carbons (Fsp3) is 0.571. The summed E-state index contributed by atoms with van der Waals surface area (Å²) >= 11 is 0. The van der Waals surface area contributed by atoms with Crippen LogP contribution in [0.3, 0.4) is 0 Å². The van der Waals surface area contributed by atoms with Crippen molar-refractivity contribution in [2.24, 2.45) is 4.99 Å². The Hall–Kier alpha value is -2.70. The molecule has 0 bridgehead atoms. The molecule has 2 fully saturated rings. The van der Waals surface area contributed by atoms with Gasteiger partial charge in [0.15, 0.2) is 0 Å². The summed E-state index contributed by atoms with van der Waals surface area (Å²) in [4.78, 5) is 32.7. The largest absolute Gasteiger partial charge is 0.573 e. The van der Waals surface area contributed by atoms with Gasteiger partial charge in [0, 0.05) is 44.3 Å². The van der Waals surface area contributed by atoms with Crippen LogP contribution in [0.4, 0.5) is 18.9 Å². The van der Waals surface area contributed by atoms with Gasteiger partial charge in [-0.15, -0.1) is 13.2 Å². The van der Waals surface area contributed by atoms with Crippen molar-refractivity contribution in [3.05, 3.63) is 24.3 Å². The van der Waals surface area contributed by atoms with Crippen LogP contribution in [0.15, 0.2) is 29.3 Å². The number of aliphatic hydroxyl groups is 1. The number of anilines is 1. The number of hydrogen-bond acceptors (Lipinski definition) is 7. The van der Waals surface area contributed by atoms with Crippen LogP contribution in [0.5, 0.6) is 5.75 Å². The lowest BCUT2D eigenvalue weighted by Crippen LogP contribution is -2.57. The molecule has 1 spiro atoms. The molecule has 0 aromatic heterocycles. The number of benzene rings is 1. The first-order valence-electron chi connectivity index (χ1n) is 10.6. The highest BCUT2D eigenvalue weighted by Crippen LogP contribution is 2.34. The van der Waals surface area contributed by atoms with Crippen molar-refractivity contribution >= 4 is 23.8 Å². The van der Waals surface area contributed by atoms with E-state index in [1.54, 1.807) is 12.1 Å². The molecule has 1 aromatic rings. The normalized spacial score (nSPS) is 24.7. The first-order chi connectivity index (χ1) is 15.7. The number of halogens is 3. The van der Waals surface area contributed by atoms with Crippen molar-refractivity contribution in [3.63, 3.8) is 0 Å². The molecular weight excluding hydrogens is 445 g/mol. The summed E-state index contributed by atoms with van der Waals surface area (Å²) in [5, 5.41) is 9.93. The summed E-state index contributed by atoms with van der Waals surface area (Å²) in [7, 11) is 0. The Morgan fingerprint density at radius 3 is 2.64 bits per heavy atom. The van der Waals surface area contributed by atoms with Gasteiger partial charge in [-0.1, -0.05) is 0 Å². The third-order valence-electron chi connectivity index (χ3n) is 6.13. The van der Waals surface area contributed by atoms with E-state index in [4.69, 9.17) is 4.74 Å². The molecule has 3 heterocycles. The standard InChI is InChI=1S/C21H25F3N4O5/c22-21(23,24)33-17-3-1-15(2-4-17)26-6-5-20(12-26)13-27(7-8-32-20)16(11-29)9-19(31)28-10-18(30)25-14-28/h1-4,14,16,29H,5-13H2.